The van der Waals surface area contributed by atoms with Gasteiger partial charge in [-0.05, 0) is 27.2 Å². The molecule has 0 aliphatic rings. The van der Waals surface area contributed by atoms with Crippen molar-refractivity contribution in [3.05, 3.63) is 28.8 Å². The van der Waals surface area contributed by atoms with E-state index < -0.39 is 5.41 Å². The van der Waals surface area contributed by atoms with Gasteiger partial charge in [0, 0.05) is 25.3 Å². The van der Waals surface area contributed by atoms with Gasteiger partial charge in [-0.3, -0.25) is 4.79 Å². The number of hydrogen-bond donors (Lipinski definition) is 0. The molecule has 0 bridgehead atoms. The van der Waals surface area contributed by atoms with Crippen LogP contribution in [0.4, 0.5) is 0 Å². The second-order valence-electron chi connectivity index (χ2n) is 5.91. The number of benzene rings is 1. The maximum Gasteiger partial charge on any atom is 0.316 e. The predicted octanol–water partition coefficient (Wildman–Crippen LogP) is 3.63. The minimum Gasteiger partial charge on any atom is -0.425 e. The van der Waals surface area contributed by atoms with E-state index in [4.69, 9.17) is 14.2 Å². The third-order valence-corrected chi connectivity index (χ3v) is 3.62. The van der Waals surface area contributed by atoms with Crippen molar-refractivity contribution < 1.29 is 19.0 Å². The van der Waals surface area contributed by atoms with E-state index in [9.17, 15) is 4.79 Å². The van der Waals surface area contributed by atoms with E-state index in [1.807, 2.05) is 39.8 Å². The van der Waals surface area contributed by atoms with Crippen LogP contribution in [-0.4, -0.2) is 20.2 Å². The molecule has 0 saturated heterocycles. The molecule has 0 aliphatic heterocycles. The molecule has 0 N–H and O–H groups in total. The highest BCUT2D eigenvalue weighted by Crippen LogP contribution is 2.31. The van der Waals surface area contributed by atoms with E-state index in [0.717, 1.165) is 23.1 Å². The van der Waals surface area contributed by atoms with Gasteiger partial charge in [0.05, 0.1) is 18.6 Å². The van der Waals surface area contributed by atoms with Gasteiger partial charge in [-0.25, -0.2) is 0 Å². The quantitative estimate of drug-likeness (QED) is 0.569. The molecule has 0 spiro atoms. The van der Waals surface area contributed by atoms with Crippen LogP contribution >= 0.6 is 0 Å². The van der Waals surface area contributed by atoms with E-state index in [0.29, 0.717) is 19.0 Å². The number of aryl methyl sites for hydroxylation is 1. The summed E-state index contributed by atoms with van der Waals surface area (Å²) in [5.74, 6) is 0.333. The lowest BCUT2D eigenvalue weighted by molar-refractivity contribution is -0.144. The highest BCUT2D eigenvalue weighted by Gasteiger charge is 2.29. The maximum atomic E-state index is 12.4. The largest absolute Gasteiger partial charge is 0.425 e. The first-order chi connectivity index (χ1) is 9.85. The van der Waals surface area contributed by atoms with Crippen LogP contribution in [0.15, 0.2) is 12.1 Å². The average molecular weight is 294 g/mol. The van der Waals surface area contributed by atoms with Crippen molar-refractivity contribution in [3.63, 3.8) is 0 Å². The molecule has 0 heterocycles. The summed E-state index contributed by atoms with van der Waals surface area (Å²) < 4.78 is 16.1. The maximum absolute atomic E-state index is 12.4. The van der Waals surface area contributed by atoms with Crippen LogP contribution in [0.5, 0.6) is 5.75 Å². The van der Waals surface area contributed by atoms with Crippen molar-refractivity contribution in [1.29, 1.82) is 0 Å². The Labute approximate surface area is 127 Å². The summed E-state index contributed by atoms with van der Waals surface area (Å²) in [6.07, 6.45) is 0.719. The molecule has 1 rings (SSSR count). The van der Waals surface area contributed by atoms with E-state index in [1.54, 1.807) is 14.2 Å². The summed E-state index contributed by atoms with van der Waals surface area (Å²) in [7, 11) is 3.25. The van der Waals surface area contributed by atoms with Crippen molar-refractivity contribution in [2.45, 2.75) is 47.3 Å². The Balaban J connectivity index is 3.21. The van der Waals surface area contributed by atoms with Crippen molar-refractivity contribution >= 4 is 5.97 Å². The molecule has 1 aromatic rings. The van der Waals surface area contributed by atoms with Crippen molar-refractivity contribution in [2.24, 2.45) is 5.41 Å². The van der Waals surface area contributed by atoms with Gasteiger partial charge in [-0.1, -0.05) is 24.6 Å². The number of rotatable bonds is 7. The molecule has 21 heavy (non-hydrogen) atoms. The predicted molar refractivity (Wildman–Crippen MR) is 82.3 cm³/mol. The fraction of sp³-hybridized carbons (Fsp3) is 0.588. The average Bonchev–Trinajstić information content (AvgIpc) is 2.42. The second-order valence-corrected chi connectivity index (χ2v) is 5.91. The Hall–Kier alpha value is -1.39. The molecule has 0 aliphatic carbocycles. The van der Waals surface area contributed by atoms with E-state index >= 15 is 0 Å². The van der Waals surface area contributed by atoms with E-state index in [-0.39, 0.29) is 5.97 Å². The third kappa shape index (κ3) is 4.55. The van der Waals surface area contributed by atoms with Crippen molar-refractivity contribution in [1.82, 2.24) is 0 Å². The zero-order valence-corrected chi connectivity index (χ0v) is 13.9. The number of ether oxygens (including phenoxy) is 3. The molecule has 4 heteroatoms. The lowest BCUT2D eigenvalue weighted by Gasteiger charge is -2.23. The summed E-state index contributed by atoms with van der Waals surface area (Å²) in [4.78, 5) is 12.4. The summed E-state index contributed by atoms with van der Waals surface area (Å²) in [6.45, 7) is 8.54. The molecular weight excluding hydrogens is 268 g/mol. The molecule has 0 radical (unpaired) electrons. The van der Waals surface area contributed by atoms with Gasteiger partial charge < -0.3 is 14.2 Å². The van der Waals surface area contributed by atoms with Crippen LogP contribution in [-0.2, 0) is 27.5 Å². The Kier molecular flexibility index (Phi) is 6.37. The Morgan fingerprint density at radius 3 is 1.95 bits per heavy atom. The number of methoxy groups -OCH3 is 2. The first-order valence-electron chi connectivity index (χ1n) is 7.18. The van der Waals surface area contributed by atoms with Crippen LogP contribution < -0.4 is 4.74 Å². The molecule has 0 unspecified atom stereocenters. The molecule has 0 aromatic heterocycles. The van der Waals surface area contributed by atoms with Gasteiger partial charge >= 0.3 is 5.97 Å². The molecule has 1 aromatic carbocycles. The highest BCUT2D eigenvalue weighted by atomic mass is 16.5. The van der Waals surface area contributed by atoms with Gasteiger partial charge in [-0.2, -0.15) is 0 Å². The number of esters is 1. The molecule has 0 atom stereocenters. The minimum absolute atomic E-state index is 0.233. The number of carbonyl (C=O) groups is 1. The number of carbonyl (C=O) groups excluding carboxylic acids is 1. The highest BCUT2D eigenvalue weighted by molar-refractivity contribution is 5.79. The molecular formula is C17H26O4. The van der Waals surface area contributed by atoms with Gasteiger partial charge in [0.15, 0.2) is 0 Å². The monoisotopic (exact) mass is 294 g/mol. The lowest BCUT2D eigenvalue weighted by Crippen LogP contribution is -2.29. The van der Waals surface area contributed by atoms with Crippen LogP contribution in [0.25, 0.3) is 0 Å². The molecule has 4 nitrogen and oxygen atoms in total. The van der Waals surface area contributed by atoms with Crippen LogP contribution in [0.2, 0.25) is 0 Å². The zero-order valence-electron chi connectivity index (χ0n) is 13.9. The Bertz CT molecular complexity index is 465. The molecule has 0 saturated carbocycles. The van der Waals surface area contributed by atoms with E-state index in [2.05, 4.69) is 0 Å². The Morgan fingerprint density at radius 1 is 1.10 bits per heavy atom. The van der Waals surface area contributed by atoms with Gasteiger partial charge in [0.1, 0.15) is 5.75 Å². The van der Waals surface area contributed by atoms with Crippen LogP contribution in [0.3, 0.4) is 0 Å². The fourth-order valence-corrected chi connectivity index (χ4v) is 1.96. The van der Waals surface area contributed by atoms with Gasteiger partial charge in [-0.15, -0.1) is 0 Å². The third-order valence-electron chi connectivity index (χ3n) is 3.62. The van der Waals surface area contributed by atoms with Gasteiger partial charge in [0.25, 0.3) is 0 Å². The van der Waals surface area contributed by atoms with Crippen LogP contribution in [0, 0.1) is 12.3 Å². The van der Waals surface area contributed by atoms with Crippen molar-refractivity contribution in [3.8, 4) is 5.75 Å². The normalized spacial score (nSPS) is 11.5. The van der Waals surface area contributed by atoms with E-state index in [1.165, 1.54) is 0 Å². The summed E-state index contributed by atoms with van der Waals surface area (Å²) in [6, 6.07) is 3.95. The van der Waals surface area contributed by atoms with Crippen molar-refractivity contribution in [2.75, 3.05) is 14.2 Å². The van der Waals surface area contributed by atoms with Gasteiger partial charge in [0.2, 0.25) is 0 Å². The Morgan fingerprint density at radius 2 is 1.57 bits per heavy atom. The zero-order chi connectivity index (χ0) is 16.0. The summed E-state index contributed by atoms with van der Waals surface area (Å²) in [5, 5.41) is 0. The first-order valence-corrected chi connectivity index (χ1v) is 7.18. The SMILES string of the molecule is CCC(C)(C)C(=O)Oc1c(COC)cc(C)cc1COC. The standard InChI is InChI=1S/C17H26O4/c1-7-17(3,4)16(18)21-15-13(10-19-5)8-12(2)9-14(15)11-20-6/h8-9H,7,10-11H2,1-6H3. The molecule has 0 fully saturated rings. The summed E-state index contributed by atoms with van der Waals surface area (Å²) >= 11 is 0. The molecule has 0 amide bonds. The smallest absolute Gasteiger partial charge is 0.316 e. The molecule has 118 valence electrons. The fourth-order valence-electron chi connectivity index (χ4n) is 1.96. The first kappa shape index (κ1) is 17.7. The second kappa shape index (κ2) is 7.57. The number of hydrogen-bond acceptors (Lipinski definition) is 4. The van der Waals surface area contributed by atoms with Crippen LogP contribution in [0.1, 0.15) is 43.9 Å². The topological polar surface area (TPSA) is 44.8 Å². The lowest BCUT2D eigenvalue weighted by atomic mass is 9.90. The minimum atomic E-state index is -0.514. The summed E-state index contributed by atoms with van der Waals surface area (Å²) in [5.41, 5.74) is 2.30.